The van der Waals surface area contributed by atoms with Gasteiger partial charge in [-0.25, -0.2) is 4.79 Å². The van der Waals surface area contributed by atoms with Gasteiger partial charge >= 0.3 is 5.97 Å². The van der Waals surface area contributed by atoms with Crippen LogP contribution >= 0.6 is 0 Å². The van der Waals surface area contributed by atoms with E-state index in [1.807, 2.05) is 0 Å². The number of hydrogen-bond donors (Lipinski definition) is 1. The van der Waals surface area contributed by atoms with Crippen LogP contribution in [0.15, 0.2) is 22.7 Å². The molecule has 0 saturated heterocycles. The number of methoxy groups -OCH3 is 1. The minimum Gasteiger partial charge on any atom is -0.497 e. The van der Waals surface area contributed by atoms with E-state index in [4.69, 9.17) is 19.1 Å². The van der Waals surface area contributed by atoms with Gasteiger partial charge in [-0.2, -0.15) is 4.98 Å². The standard InChI is InChI=1S/C14H14N2O5/c1-19-9-4-5-10(14(17)18)11(6-9)20-7-12-15-13(16-21-12)8-2-3-8/h4-6,8H,2-3,7H2,1H3,(H,17,18). The number of ether oxygens (including phenoxy) is 2. The van der Waals surface area contributed by atoms with Crippen LogP contribution in [0.3, 0.4) is 0 Å². The Kier molecular flexibility index (Phi) is 3.47. The quantitative estimate of drug-likeness (QED) is 0.871. The number of carboxylic acids is 1. The third kappa shape index (κ3) is 2.96. The van der Waals surface area contributed by atoms with Gasteiger partial charge in [0.2, 0.25) is 0 Å². The number of carboxylic acid groups (broad SMARTS) is 1. The third-order valence-corrected chi connectivity index (χ3v) is 3.20. The van der Waals surface area contributed by atoms with Gasteiger partial charge in [-0.3, -0.25) is 0 Å². The van der Waals surface area contributed by atoms with Crippen LogP contribution in [-0.2, 0) is 6.61 Å². The van der Waals surface area contributed by atoms with Crippen LogP contribution in [0.2, 0.25) is 0 Å². The fraction of sp³-hybridized carbons (Fsp3) is 0.357. The molecule has 1 saturated carbocycles. The van der Waals surface area contributed by atoms with Gasteiger partial charge in [0.1, 0.15) is 17.1 Å². The first-order chi connectivity index (χ1) is 10.2. The molecule has 0 spiro atoms. The Labute approximate surface area is 120 Å². The fourth-order valence-corrected chi connectivity index (χ4v) is 1.90. The fourth-order valence-electron chi connectivity index (χ4n) is 1.90. The molecule has 1 aliphatic carbocycles. The van der Waals surface area contributed by atoms with Crippen LogP contribution in [-0.4, -0.2) is 28.3 Å². The third-order valence-electron chi connectivity index (χ3n) is 3.20. The maximum atomic E-state index is 11.2. The van der Waals surface area contributed by atoms with Crippen LogP contribution in [0.1, 0.15) is 40.8 Å². The van der Waals surface area contributed by atoms with Gasteiger partial charge in [0.15, 0.2) is 12.4 Å². The monoisotopic (exact) mass is 290 g/mol. The Hall–Kier alpha value is -2.57. The van der Waals surface area contributed by atoms with Crippen LogP contribution in [0, 0.1) is 0 Å². The molecule has 0 bridgehead atoms. The lowest BCUT2D eigenvalue weighted by molar-refractivity contribution is 0.0691. The van der Waals surface area contributed by atoms with Gasteiger partial charge in [-0.1, -0.05) is 5.16 Å². The topological polar surface area (TPSA) is 94.7 Å². The first-order valence-electron chi connectivity index (χ1n) is 6.54. The SMILES string of the molecule is COc1ccc(C(=O)O)c(OCc2nc(C3CC3)no2)c1. The van der Waals surface area contributed by atoms with Crippen molar-refractivity contribution >= 4 is 5.97 Å². The molecule has 1 N–H and O–H groups in total. The highest BCUT2D eigenvalue weighted by Gasteiger charge is 2.28. The molecule has 7 heteroatoms. The van der Waals surface area contributed by atoms with E-state index in [0.717, 1.165) is 12.8 Å². The summed E-state index contributed by atoms with van der Waals surface area (Å²) in [5.74, 6) is 1.06. The summed E-state index contributed by atoms with van der Waals surface area (Å²) in [4.78, 5) is 15.4. The maximum Gasteiger partial charge on any atom is 0.339 e. The molecule has 21 heavy (non-hydrogen) atoms. The minimum absolute atomic E-state index is 0.0210. The first kappa shape index (κ1) is 13.4. The molecule has 1 fully saturated rings. The Balaban J connectivity index is 1.74. The smallest absolute Gasteiger partial charge is 0.339 e. The number of carbonyl (C=O) groups is 1. The Bertz CT molecular complexity index is 663. The van der Waals surface area contributed by atoms with E-state index in [0.29, 0.717) is 23.4 Å². The van der Waals surface area contributed by atoms with E-state index in [1.165, 1.54) is 19.2 Å². The molecule has 0 radical (unpaired) electrons. The number of rotatable bonds is 6. The Morgan fingerprint density at radius 1 is 1.48 bits per heavy atom. The highest BCUT2D eigenvalue weighted by atomic mass is 16.5. The number of nitrogens with zero attached hydrogens (tertiary/aromatic N) is 2. The number of aromatic nitrogens is 2. The molecule has 2 aromatic rings. The summed E-state index contributed by atoms with van der Waals surface area (Å²) >= 11 is 0. The van der Waals surface area contributed by atoms with Crippen molar-refractivity contribution < 1.29 is 23.9 Å². The highest BCUT2D eigenvalue weighted by Crippen LogP contribution is 2.38. The van der Waals surface area contributed by atoms with Crippen LogP contribution in [0.5, 0.6) is 11.5 Å². The summed E-state index contributed by atoms with van der Waals surface area (Å²) < 4.78 is 15.6. The molecule has 0 atom stereocenters. The zero-order valence-electron chi connectivity index (χ0n) is 11.4. The predicted molar refractivity (Wildman–Crippen MR) is 70.6 cm³/mol. The lowest BCUT2D eigenvalue weighted by Gasteiger charge is -2.08. The van der Waals surface area contributed by atoms with Crippen molar-refractivity contribution in [1.82, 2.24) is 10.1 Å². The van der Waals surface area contributed by atoms with E-state index in [2.05, 4.69) is 10.1 Å². The lowest BCUT2D eigenvalue weighted by atomic mass is 10.2. The van der Waals surface area contributed by atoms with Crippen molar-refractivity contribution in [2.24, 2.45) is 0 Å². The summed E-state index contributed by atoms with van der Waals surface area (Å²) in [7, 11) is 1.50. The number of benzene rings is 1. The Morgan fingerprint density at radius 2 is 2.29 bits per heavy atom. The van der Waals surface area contributed by atoms with Gasteiger partial charge < -0.3 is 19.1 Å². The molecule has 110 valence electrons. The number of hydrogen-bond acceptors (Lipinski definition) is 6. The van der Waals surface area contributed by atoms with Gasteiger partial charge in [0.25, 0.3) is 5.89 Å². The van der Waals surface area contributed by atoms with E-state index < -0.39 is 5.97 Å². The van der Waals surface area contributed by atoms with E-state index >= 15 is 0 Å². The van der Waals surface area contributed by atoms with Gasteiger partial charge in [0, 0.05) is 12.0 Å². The molecule has 1 aromatic heterocycles. The molecule has 1 heterocycles. The molecule has 3 rings (SSSR count). The van der Waals surface area contributed by atoms with E-state index in [1.54, 1.807) is 6.07 Å². The normalized spacial score (nSPS) is 14.0. The molecular formula is C14H14N2O5. The van der Waals surface area contributed by atoms with Gasteiger partial charge in [-0.05, 0) is 25.0 Å². The number of aromatic carboxylic acids is 1. The molecule has 0 aliphatic heterocycles. The van der Waals surface area contributed by atoms with Crippen molar-refractivity contribution in [3.05, 3.63) is 35.5 Å². The average Bonchev–Trinajstić information content (AvgIpc) is 3.23. The summed E-state index contributed by atoms with van der Waals surface area (Å²) in [6.07, 6.45) is 2.16. The zero-order valence-corrected chi connectivity index (χ0v) is 11.4. The van der Waals surface area contributed by atoms with Crippen LogP contribution < -0.4 is 9.47 Å². The van der Waals surface area contributed by atoms with Crippen molar-refractivity contribution in [2.75, 3.05) is 7.11 Å². The van der Waals surface area contributed by atoms with Crippen molar-refractivity contribution in [2.45, 2.75) is 25.4 Å². The largest absolute Gasteiger partial charge is 0.497 e. The second-order valence-electron chi connectivity index (χ2n) is 4.78. The molecule has 0 unspecified atom stereocenters. The summed E-state index contributed by atoms with van der Waals surface area (Å²) in [6.45, 7) is 0.0210. The predicted octanol–water partition coefficient (Wildman–Crippen LogP) is 2.23. The molecule has 7 nitrogen and oxygen atoms in total. The average molecular weight is 290 g/mol. The Morgan fingerprint density at radius 3 is 2.95 bits per heavy atom. The van der Waals surface area contributed by atoms with Crippen molar-refractivity contribution in [3.63, 3.8) is 0 Å². The summed E-state index contributed by atoms with van der Waals surface area (Å²) in [5.41, 5.74) is 0.0535. The summed E-state index contributed by atoms with van der Waals surface area (Å²) in [5, 5.41) is 13.0. The maximum absolute atomic E-state index is 11.2. The van der Waals surface area contributed by atoms with Crippen molar-refractivity contribution in [3.8, 4) is 11.5 Å². The van der Waals surface area contributed by atoms with E-state index in [-0.39, 0.29) is 17.9 Å². The minimum atomic E-state index is -1.07. The zero-order chi connectivity index (χ0) is 14.8. The second kappa shape index (κ2) is 5.43. The second-order valence-corrected chi connectivity index (χ2v) is 4.78. The summed E-state index contributed by atoms with van der Waals surface area (Å²) in [6, 6.07) is 4.51. The van der Waals surface area contributed by atoms with Crippen LogP contribution in [0.25, 0.3) is 0 Å². The molecular weight excluding hydrogens is 276 g/mol. The lowest BCUT2D eigenvalue weighted by Crippen LogP contribution is -2.04. The molecule has 1 aliphatic rings. The molecule has 0 amide bonds. The van der Waals surface area contributed by atoms with Gasteiger partial charge in [-0.15, -0.1) is 0 Å². The highest BCUT2D eigenvalue weighted by molar-refractivity contribution is 5.91. The van der Waals surface area contributed by atoms with E-state index in [9.17, 15) is 4.79 Å². The van der Waals surface area contributed by atoms with Crippen molar-refractivity contribution in [1.29, 1.82) is 0 Å². The molecule has 1 aromatic carbocycles. The van der Waals surface area contributed by atoms with Gasteiger partial charge in [0.05, 0.1) is 7.11 Å². The first-order valence-corrected chi connectivity index (χ1v) is 6.54. The van der Waals surface area contributed by atoms with Crippen LogP contribution in [0.4, 0.5) is 0 Å².